The lowest BCUT2D eigenvalue weighted by Gasteiger charge is -2.32. The number of hydrogen-bond acceptors (Lipinski definition) is 4. The second-order valence-corrected chi connectivity index (χ2v) is 6.74. The molecule has 3 heterocycles. The van der Waals surface area contributed by atoms with Crippen molar-refractivity contribution < 1.29 is 0 Å². The topological polar surface area (TPSA) is 51.0 Å². The molecule has 3 aromatic rings. The molecule has 1 aliphatic rings. The Morgan fingerprint density at radius 2 is 1.80 bits per heavy atom. The normalized spacial score (nSPS) is 16.4. The summed E-state index contributed by atoms with van der Waals surface area (Å²) in [6.07, 6.45) is 6.00. The quantitative estimate of drug-likeness (QED) is 0.739. The molecule has 1 aromatic carbocycles. The zero-order chi connectivity index (χ0) is 17.2. The molecule has 4 rings (SSSR count). The van der Waals surface area contributed by atoms with Gasteiger partial charge in [-0.15, -0.1) is 0 Å². The van der Waals surface area contributed by atoms with Crippen LogP contribution in [0.15, 0.2) is 53.6 Å². The van der Waals surface area contributed by atoms with E-state index in [0.29, 0.717) is 11.3 Å². The van der Waals surface area contributed by atoms with Gasteiger partial charge in [-0.2, -0.15) is 0 Å². The summed E-state index contributed by atoms with van der Waals surface area (Å²) in [5.41, 5.74) is 2.20. The molecule has 0 saturated carbocycles. The second kappa shape index (κ2) is 6.76. The summed E-state index contributed by atoms with van der Waals surface area (Å²) in [7, 11) is 1.82. The molecular formula is C20H22N4O. The first-order chi connectivity index (χ1) is 12.2. The van der Waals surface area contributed by atoms with Gasteiger partial charge in [-0.25, -0.2) is 4.98 Å². The van der Waals surface area contributed by atoms with Gasteiger partial charge in [0.05, 0.1) is 17.4 Å². The monoisotopic (exact) mass is 334 g/mol. The lowest BCUT2D eigenvalue weighted by molar-refractivity contribution is 0.198. The second-order valence-electron chi connectivity index (χ2n) is 6.74. The molecule has 0 atom stereocenters. The molecule has 128 valence electrons. The van der Waals surface area contributed by atoms with Crippen molar-refractivity contribution in [3.05, 3.63) is 70.5 Å². The van der Waals surface area contributed by atoms with Crippen molar-refractivity contribution in [3.63, 3.8) is 0 Å². The number of likely N-dealkylation sites (tertiary alicyclic amines) is 1. The van der Waals surface area contributed by atoms with Crippen LogP contribution in [0.4, 0.5) is 0 Å². The maximum absolute atomic E-state index is 12.5. The largest absolute Gasteiger partial charge is 0.298 e. The van der Waals surface area contributed by atoms with Crippen molar-refractivity contribution in [2.75, 3.05) is 13.1 Å². The van der Waals surface area contributed by atoms with Crippen molar-refractivity contribution >= 4 is 10.9 Å². The van der Waals surface area contributed by atoms with E-state index in [0.717, 1.165) is 43.8 Å². The minimum absolute atomic E-state index is 0.0345. The van der Waals surface area contributed by atoms with Crippen molar-refractivity contribution in [1.82, 2.24) is 19.4 Å². The molecule has 2 aromatic heterocycles. The molecule has 5 nitrogen and oxygen atoms in total. The van der Waals surface area contributed by atoms with Gasteiger partial charge < -0.3 is 0 Å². The molecule has 25 heavy (non-hydrogen) atoms. The fraction of sp³-hybridized carbons (Fsp3) is 0.350. The number of aromatic nitrogens is 3. The van der Waals surface area contributed by atoms with Gasteiger partial charge in [-0.05, 0) is 61.7 Å². The van der Waals surface area contributed by atoms with E-state index in [1.807, 2.05) is 43.7 Å². The Hall–Kier alpha value is -2.53. The molecular weight excluding hydrogens is 312 g/mol. The lowest BCUT2D eigenvalue weighted by Crippen LogP contribution is -2.35. The average Bonchev–Trinajstić information content (AvgIpc) is 2.67. The van der Waals surface area contributed by atoms with Gasteiger partial charge in [0.25, 0.3) is 5.56 Å². The highest BCUT2D eigenvalue weighted by Gasteiger charge is 2.21. The summed E-state index contributed by atoms with van der Waals surface area (Å²) in [6, 6.07) is 11.8. The first-order valence-corrected chi connectivity index (χ1v) is 8.79. The smallest absolute Gasteiger partial charge is 0.261 e. The molecule has 5 heteroatoms. The molecule has 1 fully saturated rings. The summed E-state index contributed by atoms with van der Waals surface area (Å²) in [5.74, 6) is 1.44. The Morgan fingerprint density at radius 1 is 1.08 bits per heavy atom. The van der Waals surface area contributed by atoms with E-state index < -0.39 is 0 Å². The third-order valence-corrected chi connectivity index (χ3v) is 5.21. The van der Waals surface area contributed by atoms with E-state index in [9.17, 15) is 4.79 Å². The lowest BCUT2D eigenvalue weighted by atomic mass is 9.90. The number of piperidine rings is 1. The van der Waals surface area contributed by atoms with Gasteiger partial charge in [0.15, 0.2) is 0 Å². The molecule has 0 unspecified atom stereocenters. The number of fused-ring (bicyclic) bond motifs is 1. The number of nitrogens with zero attached hydrogens (tertiary/aromatic N) is 4. The van der Waals surface area contributed by atoms with Crippen LogP contribution in [-0.2, 0) is 13.6 Å². The number of para-hydroxylation sites is 1. The SMILES string of the molecule is Cn1c(CN2CCC(c3ccncc3)CC2)nc2ccccc2c1=O. The minimum atomic E-state index is 0.0345. The van der Waals surface area contributed by atoms with Crippen molar-refractivity contribution in [1.29, 1.82) is 0 Å². The average molecular weight is 334 g/mol. The third kappa shape index (κ3) is 3.20. The fourth-order valence-electron chi connectivity index (χ4n) is 3.67. The molecule has 0 spiro atoms. The van der Waals surface area contributed by atoms with E-state index in [2.05, 4.69) is 22.0 Å². The fourth-order valence-corrected chi connectivity index (χ4v) is 3.67. The number of rotatable bonds is 3. The van der Waals surface area contributed by atoms with E-state index in [1.165, 1.54) is 5.56 Å². The number of pyridine rings is 1. The predicted octanol–water partition coefficient (Wildman–Crippen LogP) is 2.71. The van der Waals surface area contributed by atoms with Crippen LogP contribution in [0.1, 0.15) is 30.1 Å². The summed E-state index contributed by atoms with van der Waals surface area (Å²) < 4.78 is 1.69. The third-order valence-electron chi connectivity index (χ3n) is 5.21. The Bertz CT molecular complexity index is 927. The van der Waals surface area contributed by atoms with Crippen LogP contribution in [0.25, 0.3) is 10.9 Å². The molecule has 0 bridgehead atoms. The van der Waals surface area contributed by atoms with E-state index in [1.54, 1.807) is 4.57 Å². The summed E-state index contributed by atoms with van der Waals surface area (Å²) in [5, 5.41) is 0.685. The number of benzene rings is 1. The molecule has 1 aliphatic heterocycles. The maximum atomic E-state index is 12.5. The van der Waals surface area contributed by atoms with Crippen molar-refractivity contribution in [2.45, 2.75) is 25.3 Å². The van der Waals surface area contributed by atoms with Crippen LogP contribution in [0.2, 0.25) is 0 Å². The van der Waals surface area contributed by atoms with E-state index in [-0.39, 0.29) is 5.56 Å². The highest BCUT2D eigenvalue weighted by atomic mass is 16.1. The number of hydrogen-bond donors (Lipinski definition) is 0. The van der Waals surface area contributed by atoms with Crippen LogP contribution in [0.5, 0.6) is 0 Å². The summed E-state index contributed by atoms with van der Waals surface area (Å²) >= 11 is 0. The molecule has 0 N–H and O–H groups in total. The highest BCUT2D eigenvalue weighted by Crippen LogP contribution is 2.28. The predicted molar refractivity (Wildman–Crippen MR) is 98.5 cm³/mol. The maximum Gasteiger partial charge on any atom is 0.261 e. The van der Waals surface area contributed by atoms with Gasteiger partial charge in [-0.3, -0.25) is 19.2 Å². The van der Waals surface area contributed by atoms with Gasteiger partial charge in [-0.1, -0.05) is 12.1 Å². The summed E-state index contributed by atoms with van der Waals surface area (Å²) in [4.78, 5) is 23.7. The first kappa shape index (κ1) is 16.0. The van der Waals surface area contributed by atoms with Gasteiger partial charge >= 0.3 is 0 Å². The Kier molecular flexibility index (Phi) is 4.32. The molecule has 0 aliphatic carbocycles. The van der Waals surface area contributed by atoms with E-state index >= 15 is 0 Å². The van der Waals surface area contributed by atoms with Crippen molar-refractivity contribution in [2.24, 2.45) is 7.05 Å². The van der Waals surface area contributed by atoms with Crippen molar-refractivity contribution in [3.8, 4) is 0 Å². The van der Waals surface area contributed by atoms with Gasteiger partial charge in [0, 0.05) is 19.4 Å². The summed E-state index contributed by atoms with van der Waals surface area (Å²) in [6.45, 7) is 2.77. The van der Waals surface area contributed by atoms with Crippen LogP contribution >= 0.6 is 0 Å². The van der Waals surface area contributed by atoms with Crippen LogP contribution in [0, 0.1) is 0 Å². The Balaban J connectivity index is 1.50. The van der Waals surface area contributed by atoms with Crippen LogP contribution in [-0.4, -0.2) is 32.5 Å². The minimum Gasteiger partial charge on any atom is -0.298 e. The zero-order valence-electron chi connectivity index (χ0n) is 14.4. The van der Waals surface area contributed by atoms with Crippen LogP contribution < -0.4 is 5.56 Å². The standard InChI is InChI=1S/C20H22N4O/c1-23-19(22-18-5-3-2-4-17(18)20(23)25)14-24-12-8-16(9-13-24)15-6-10-21-11-7-15/h2-7,10-11,16H,8-9,12-14H2,1H3. The Labute approximate surface area is 147 Å². The highest BCUT2D eigenvalue weighted by molar-refractivity contribution is 5.77. The molecule has 0 radical (unpaired) electrons. The molecule has 0 amide bonds. The van der Waals surface area contributed by atoms with Gasteiger partial charge in [0.2, 0.25) is 0 Å². The zero-order valence-corrected chi connectivity index (χ0v) is 14.4. The Morgan fingerprint density at radius 3 is 2.56 bits per heavy atom. The van der Waals surface area contributed by atoms with E-state index in [4.69, 9.17) is 4.98 Å². The first-order valence-electron chi connectivity index (χ1n) is 8.79. The molecule has 1 saturated heterocycles. The van der Waals surface area contributed by atoms with Crippen LogP contribution in [0.3, 0.4) is 0 Å². The van der Waals surface area contributed by atoms with Gasteiger partial charge in [0.1, 0.15) is 5.82 Å².